The molecule has 1 N–H and O–H groups in total. The summed E-state index contributed by atoms with van der Waals surface area (Å²) in [6.07, 6.45) is 8.20. The van der Waals surface area contributed by atoms with Crippen molar-refractivity contribution in [2.75, 3.05) is 13.2 Å². The van der Waals surface area contributed by atoms with Crippen LogP contribution < -0.4 is 35.2 Å². The fraction of sp³-hybridized carbons (Fsp3) is 0.440. The van der Waals surface area contributed by atoms with Gasteiger partial charge in [0.1, 0.15) is 6.61 Å². The first-order chi connectivity index (χ1) is 15.3. The zero-order valence-corrected chi connectivity index (χ0v) is 21.4. The van der Waals surface area contributed by atoms with Gasteiger partial charge in [0.15, 0.2) is 5.71 Å². The molecule has 0 bridgehead atoms. The maximum atomic E-state index is 11.8. The number of hydrogen-bond acceptors (Lipinski definition) is 6. The molecule has 0 aliphatic carbocycles. The van der Waals surface area contributed by atoms with Crippen molar-refractivity contribution < 1.29 is 50.3 Å². The molecule has 0 saturated heterocycles. The molecule has 170 valence electrons. The first-order valence-corrected chi connectivity index (χ1v) is 11.1. The summed E-state index contributed by atoms with van der Waals surface area (Å²) in [6, 6.07) is 20.8. The van der Waals surface area contributed by atoms with Gasteiger partial charge in [0.05, 0.1) is 6.61 Å². The topological polar surface area (TPSA) is 69.2 Å². The summed E-state index contributed by atoms with van der Waals surface area (Å²) in [5.74, 6) is -0.617. The molecule has 0 heterocycles. The molecule has 0 radical (unpaired) electrons. The number of hydrogen-bond donors (Lipinski definition) is 1. The Kier molecular flexibility index (Phi) is 16.7. The van der Waals surface area contributed by atoms with E-state index in [1.165, 1.54) is 11.1 Å². The summed E-state index contributed by atoms with van der Waals surface area (Å²) in [6.45, 7) is 2.49. The summed E-state index contributed by atoms with van der Waals surface area (Å²) in [4.78, 5) is 26.9. The number of unbranched alkanes of at least 4 members (excludes halogenated alkanes) is 4. The maximum Gasteiger partial charge on any atom is 1.00 e. The van der Waals surface area contributed by atoms with E-state index in [9.17, 15) is 4.79 Å². The minimum Gasteiger partial charge on any atom is -1.00 e. The van der Waals surface area contributed by atoms with Crippen molar-refractivity contribution in [2.24, 2.45) is 5.16 Å². The molecule has 6 nitrogen and oxygen atoms in total. The van der Waals surface area contributed by atoms with E-state index >= 15 is 0 Å². The monoisotopic (exact) mass is 450 g/mol. The summed E-state index contributed by atoms with van der Waals surface area (Å²) in [7, 11) is 0. The molecule has 2 aromatic rings. The quantitative estimate of drug-likeness (QED) is 0.184. The summed E-state index contributed by atoms with van der Waals surface area (Å²) in [5, 5.41) is 3.79. The number of nitrogens with one attached hydrogen (secondary N) is 1. The SMILES string of the molecule is CC(=NOCCCCCc1ccccc1)C(=O)ONOCCCCCc1ccccc1.[H-].[Na+]. The second-order valence-electron chi connectivity index (χ2n) is 7.42. The summed E-state index contributed by atoms with van der Waals surface area (Å²) < 4.78 is 0. The largest absolute Gasteiger partial charge is 1.00 e. The van der Waals surface area contributed by atoms with Crippen molar-refractivity contribution in [3.63, 3.8) is 0 Å². The molecular formula is C25H35N2NaO4. The van der Waals surface area contributed by atoms with Gasteiger partial charge in [0, 0.05) is 0 Å². The van der Waals surface area contributed by atoms with Crippen molar-refractivity contribution in [1.29, 1.82) is 0 Å². The fourth-order valence-electron chi connectivity index (χ4n) is 3.00. The van der Waals surface area contributed by atoms with Crippen molar-refractivity contribution >= 4 is 11.7 Å². The van der Waals surface area contributed by atoms with Crippen LogP contribution in [0.2, 0.25) is 0 Å². The van der Waals surface area contributed by atoms with Crippen molar-refractivity contribution in [3.05, 3.63) is 71.8 Å². The van der Waals surface area contributed by atoms with Crippen LogP contribution in [0.4, 0.5) is 0 Å². The van der Waals surface area contributed by atoms with E-state index in [1.807, 2.05) is 12.1 Å². The van der Waals surface area contributed by atoms with E-state index in [1.54, 1.807) is 6.92 Å². The number of benzene rings is 2. The van der Waals surface area contributed by atoms with Crippen LogP contribution in [0.25, 0.3) is 0 Å². The Hall–Kier alpha value is -1.70. The zero-order valence-electron chi connectivity index (χ0n) is 20.4. The van der Waals surface area contributed by atoms with E-state index in [2.05, 4.69) is 59.3 Å². The van der Waals surface area contributed by atoms with E-state index < -0.39 is 5.97 Å². The minimum absolute atomic E-state index is 0. The molecule has 0 spiro atoms. The van der Waals surface area contributed by atoms with Crippen molar-refractivity contribution in [3.8, 4) is 0 Å². The van der Waals surface area contributed by atoms with Crippen LogP contribution in [0.5, 0.6) is 0 Å². The second-order valence-corrected chi connectivity index (χ2v) is 7.42. The third-order valence-electron chi connectivity index (χ3n) is 4.79. The average Bonchev–Trinajstić information content (AvgIpc) is 2.81. The number of rotatable bonds is 16. The number of carbonyl (C=O) groups excluding carboxylic acids is 1. The van der Waals surface area contributed by atoms with Crippen LogP contribution in [0.15, 0.2) is 65.8 Å². The first-order valence-electron chi connectivity index (χ1n) is 11.1. The third kappa shape index (κ3) is 13.7. The van der Waals surface area contributed by atoms with Gasteiger partial charge in [-0.15, -0.1) is 0 Å². The van der Waals surface area contributed by atoms with Gasteiger partial charge in [-0.1, -0.05) is 72.2 Å². The Labute approximate surface area is 215 Å². The van der Waals surface area contributed by atoms with Gasteiger partial charge in [0.2, 0.25) is 0 Å². The van der Waals surface area contributed by atoms with Crippen LogP contribution in [0.1, 0.15) is 58.0 Å². The number of nitrogens with zero attached hydrogens (tertiary/aromatic N) is 1. The van der Waals surface area contributed by atoms with Gasteiger partial charge < -0.3 is 11.1 Å². The summed E-state index contributed by atoms with van der Waals surface area (Å²) >= 11 is 0. The normalized spacial score (nSPS) is 11.0. The number of carbonyl (C=O) groups is 1. The van der Waals surface area contributed by atoms with Gasteiger partial charge in [-0.3, -0.25) is 4.84 Å². The van der Waals surface area contributed by atoms with Gasteiger partial charge in [-0.05, 0) is 68.6 Å². The number of oxime groups is 1. The van der Waals surface area contributed by atoms with Crippen LogP contribution in [-0.4, -0.2) is 24.9 Å². The minimum atomic E-state index is -0.617. The zero-order chi connectivity index (χ0) is 22.0. The molecule has 7 heteroatoms. The Morgan fingerprint density at radius 1 is 0.812 bits per heavy atom. The first kappa shape index (κ1) is 28.3. The molecule has 0 aliphatic rings. The predicted octanol–water partition coefficient (Wildman–Crippen LogP) is 2.30. The molecule has 0 aromatic heterocycles. The smallest absolute Gasteiger partial charge is 1.00 e. The number of aryl methyl sites for hydroxylation is 2. The van der Waals surface area contributed by atoms with Crippen LogP contribution >= 0.6 is 0 Å². The average molecular weight is 451 g/mol. The molecular weight excluding hydrogens is 415 g/mol. The standard InChI is InChI=1S/C25H34N2O4.Na.H/c1-22(26-29-20-12-4-10-18-23-14-6-2-7-15-23)25(28)31-27-30-21-13-5-11-19-24-16-8-3-9-17-24;;/h2-3,6-9,14-17,27H,4-5,10-13,18-21H2,1H3;;/q;+1;-1. The van der Waals surface area contributed by atoms with E-state index in [0.29, 0.717) is 13.2 Å². The summed E-state index contributed by atoms with van der Waals surface area (Å²) in [5.41, 5.74) is 5.06. The third-order valence-corrected chi connectivity index (χ3v) is 4.79. The molecule has 0 aliphatic heterocycles. The molecule has 2 rings (SSSR count). The van der Waals surface area contributed by atoms with Crippen LogP contribution in [-0.2, 0) is 32.1 Å². The van der Waals surface area contributed by atoms with E-state index in [-0.39, 0.29) is 36.7 Å². The molecule has 0 amide bonds. The Bertz CT molecular complexity index is 764. The van der Waals surface area contributed by atoms with Gasteiger partial charge in [-0.25, -0.2) is 4.79 Å². The Morgan fingerprint density at radius 2 is 1.34 bits per heavy atom. The maximum absolute atomic E-state index is 11.8. The van der Waals surface area contributed by atoms with Gasteiger partial charge in [-0.2, -0.15) is 0 Å². The molecule has 0 atom stereocenters. The van der Waals surface area contributed by atoms with E-state index in [4.69, 9.17) is 14.5 Å². The Balaban J connectivity index is 0.00000512. The molecule has 0 unspecified atom stereocenters. The van der Waals surface area contributed by atoms with Crippen molar-refractivity contribution in [2.45, 2.75) is 58.3 Å². The van der Waals surface area contributed by atoms with E-state index in [0.717, 1.165) is 51.4 Å². The predicted molar refractivity (Wildman–Crippen MR) is 123 cm³/mol. The van der Waals surface area contributed by atoms with Gasteiger partial charge >= 0.3 is 35.5 Å². The molecule has 2 aromatic carbocycles. The van der Waals surface area contributed by atoms with Crippen LogP contribution in [0.3, 0.4) is 0 Å². The van der Waals surface area contributed by atoms with Crippen molar-refractivity contribution in [1.82, 2.24) is 5.64 Å². The Morgan fingerprint density at radius 3 is 1.91 bits per heavy atom. The molecule has 32 heavy (non-hydrogen) atoms. The van der Waals surface area contributed by atoms with Gasteiger partial charge in [0.25, 0.3) is 0 Å². The van der Waals surface area contributed by atoms with Crippen LogP contribution in [0, 0.1) is 0 Å². The molecule has 0 saturated carbocycles. The fourth-order valence-corrected chi connectivity index (χ4v) is 3.00. The molecule has 0 fully saturated rings. The second kappa shape index (κ2) is 18.8.